The topological polar surface area (TPSA) is 34.2 Å². The molecule has 2 heterocycles. The summed E-state index contributed by atoms with van der Waals surface area (Å²) in [6.45, 7) is 6.77. The Morgan fingerprint density at radius 1 is 0.860 bits per heavy atom. The summed E-state index contributed by atoms with van der Waals surface area (Å²) in [6, 6.07) is 27.6. The first-order valence-electron chi connectivity index (χ1n) is 14.9. The van der Waals surface area contributed by atoms with Gasteiger partial charge < -0.3 is 14.1 Å². The molecule has 43 heavy (non-hydrogen) atoms. The lowest BCUT2D eigenvalue weighted by molar-refractivity contribution is -0.0504. The summed E-state index contributed by atoms with van der Waals surface area (Å²) in [5.41, 5.74) is 1.61. The molecule has 1 aliphatic carbocycles. The van der Waals surface area contributed by atoms with E-state index in [1.54, 1.807) is 6.07 Å². The maximum Gasteiger partial charge on any atom is 0.261 e. The number of halogens is 3. The van der Waals surface area contributed by atoms with Gasteiger partial charge in [-0.3, -0.25) is 0 Å². The molecule has 1 atom stereocenters. The van der Waals surface area contributed by atoms with Crippen molar-refractivity contribution in [2.24, 2.45) is 0 Å². The second-order valence-corrected chi connectivity index (χ2v) is 17.2. The van der Waals surface area contributed by atoms with E-state index in [9.17, 15) is 8.78 Å². The first-order valence-corrected chi connectivity index (χ1v) is 16.8. The highest BCUT2D eigenvalue weighted by Crippen LogP contribution is 2.53. The molecule has 1 N–H and O–H groups in total. The number of benzene rings is 4. The van der Waals surface area contributed by atoms with Crippen LogP contribution in [0.25, 0.3) is 22.2 Å². The Morgan fingerprint density at radius 3 is 2.09 bits per heavy atom. The molecule has 2 aliphatic rings. The molecular formula is C36H34F3NO2Si. The van der Waals surface area contributed by atoms with Crippen LogP contribution in [0.5, 0.6) is 5.75 Å². The normalized spacial score (nSPS) is 17.6. The molecule has 7 rings (SSSR count). The van der Waals surface area contributed by atoms with Gasteiger partial charge in [-0.05, 0) is 52.9 Å². The van der Waals surface area contributed by atoms with Gasteiger partial charge in [-0.1, -0.05) is 81.4 Å². The van der Waals surface area contributed by atoms with Gasteiger partial charge in [0.25, 0.3) is 8.32 Å². The summed E-state index contributed by atoms with van der Waals surface area (Å²) >= 11 is 0. The van der Waals surface area contributed by atoms with Gasteiger partial charge >= 0.3 is 0 Å². The molecular weight excluding hydrogens is 563 g/mol. The number of ether oxygens (including phenoxy) is 1. The average Bonchev–Trinajstić information content (AvgIpc) is 3.35. The van der Waals surface area contributed by atoms with Gasteiger partial charge in [-0.15, -0.1) is 0 Å². The molecule has 3 nitrogen and oxygen atoms in total. The standard InChI is InChI=1S/C36H34F3NO2Si/c1-35(2,3)43(25-11-6-4-7-12-25,26-13-8-5-9-14-26)42-36(17-10-18-36)22-31-32-28-19-24(38)20-29(39)33(28)40-34(32)27-16-15-23(37)21-30(27)41-31/h4-9,11-16,19-21,31,40H,10,17-18,22H2,1-3H3. The summed E-state index contributed by atoms with van der Waals surface area (Å²) in [4.78, 5) is 3.19. The van der Waals surface area contributed by atoms with Crippen molar-refractivity contribution >= 4 is 29.6 Å². The molecule has 1 aromatic heterocycles. The SMILES string of the molecule is CC(C)(C)[Si](OC1(CC2Oc3cc(F)ccc3-c3[nH]c4c(F)cc(F)cc4c32)CCC1)(c1ccccc1)c1ccccc1. The summed E-state index contributed by atoms with van der Waals surface area (Å²) in [5, 5.41) is 2.59. The number of aromatic amines is 1. The molecule has 1 saturated carbocycles. The van der Waals surface area contributed by atoms with Crippen molar-refractivity contribution in [1.29, 1.82) is 0 Å². The van der Waals surface area contributed by atoms with Crippen LogP contribution in [-0.2, 0) is 4.43 Å². The Labute approximate surface area is 250 Å². The third-order valence-electron chi connectivity index (χ3n) is 9.28. The zero-order valence-corrected chi connectivity index (χ0v) is 25.5. The minimum Gasteiger partial charge on any atom is -0.485 e. The van der Waals surface area contributed by atoms with Crippen LogP contribution in [0.4, 0.5) is 13.2 Å². The van der Waals surface area contributed by atoms with E-state index in [1.807, 2.05) is 12.1 Å². The predicted molar refractivity (Wildman–Crippen MR) is 167 cm³/mol. The van der Waals surface area contributed by atoms with E-state index in [-0.39, 0.29) is 10.6 Å². The fraction of sp³-hybridized carbons (Fsp3) is 0.278. The lowest BCUT2D eigenvalue weighted by Crippen LogP contribution is -2.70. The van der Waals surface area contributed by atoms with Gasteiger partial charge in [-0.2, -0.15) is 0 Å². The van der Waals surface area contributed by atoms with E-state index in [2.05, 4.69) is 74.3 Å². The second kappa shape index (κ2) is 10.1. The number of rotatable bonds is 6. The third-order valence-corrected chi connectivity index (χ3v) is 14.4. The van der Waals surface area contributed by atoms with E-state index < -0.39 is 37.5 Å². The number of hydrogen-bond acceptors (Lipinski definition) is 2. The average molecular weight is 598 g/mol. The van der Waals surface area contributed by atoms with Crippen LogP contribution in [0, 0.1) is 17.5 Å². The van der Waals surface area contributed by atoms with Gasteiger partial charge in [-0.25, -0.2) is 13.2 Å². The smallest absolute Gasteiger partial charge is 0.261 e. The summed E-state index contributed by atoms with van der Waals surface area (Å²) in [6.07, 6.45) is 2.52. The molecule has 1 aliphatic heterocycles. The fourth-order valence-corrected chi connectivity index (χ4v) is 12.0. The van der Waals surface area contributed by atoms with Crippen LogP contribution in [-0.4, -0.2) is 18.9 Å². The van der Waals surface area contributed by atoms with Gasteiger partial charge in [0.05, 0.1) is 16.8 Å². The number of hydrogen-bond donors (Lipinski definition) is 1. The highest BCUT2D eigenvalue weighted by molar-refractivity contribution is 6.99. The number of H-pyrrole nitrogens is 1. The first-order chi connectivity index (χ1) is 20.6. The van der Waals surface area contributed by atoms with Crippen molar-refractivity contribution < 1.29 is 22.3 Å². The van der Waals surface area contributed by atoms with Crippen LogP contribution < -0.4 is 15.1 Å². The van der Waals surface area contributed by atoms with Crippen LogP contribution >= 0.6 is 0 Å². The molecule has 1 fully saturated rings. The molecule has 0 radical (unpaired) electrons. The molecule has 1 unspecified atom stereocenters. The maximum atomic E-state index is 15.1. The summed E-state index contributed by atoms with van der Waals surface area (Å²) in [5.74, 6) is -1.37. The van der Waals surface area contributed by atoms with Crippen molar-refractivity contribution in [2.75, 3.05) is 0 Å². The second-order valence-electron chi connectivity index (χ2n) is 13.0. The van der Waals surface area contributed by atoms with E-state index >= 15 is 4.39 Å². The highest BCUT2D eigenvalue weighted by atomic mass is 28.4. The number of nitrogens with one attached hydrogen (secondary N) is 1. The van der Waals surface area contributed by atoms with Gasteiger partial charge in [0.15, 0.2) is 0 Å². The van der Waals surface area contributed by atoms with Gasteiger partial charge in [0.2, 0.25) is 0 Å². The zero-order chi connectivity index (χ0) is 30.0. The highest BCUT2D eigenvalue weighted by Gasteiger charge is 2.56. The largest absolute Gasteiger partial charge is 0.485 e. The zero-order valence-electron chi connectivity index (χ0n) is 24.5. The van der Waals surface area contributed by atoms with E-state index in [0.717, 1.165) is 25.3 Å². The van der Waals surface area contributed by atoms with Crippen LogP contribution in [0.15, 0.2) is 91.0 Å². The Balaban J connectivity index is 1.38. The molecule has 0 bridgehead atoms. The predicted octanol–water partition coefficient (Wildman–Crippen LogP) is 8.58. The molecule has 0 amide bonds. The van der Waals surface area contributed by atoms with Gasteiger partial charge in [0, 0.05) is 35.1 Å². The summed E-state index contributed by atoms with van der Waals surface area (Å²) < 4.78 is 58.3. The first kappa shape index (κ1) is 28.0. The molecule has 0 saturated heterocycles. The Bertz CT molecular complexity index is 1770. The Morgan fingerprint density at radius 2 is 1.51 bits per heavy atom. The van der Waals surface area contributed by atoms with Crippen molar-refractivity contribution in [2.45, 2.75) is 63.2 Å². The van der Waals surface area contributed by atoms with Crippen molar-refractivity contribution in [3.8, 4) is 17.0 Å². The molecule has 220 valence electrons. The minimum atomic E-state index is -2.91. The fourth-order valence-electron chi connectivity index (χ4n) is 7.17. The third kappa shape index (κ3) is 4.52. The minimum absolute atomic E-state index is 0.215. The van der Waals surface area contributed by atoms with E-state index in [0.29, 0.717) is 34.4 Å². The summed E-state index contributed by atoms with van der Waals surface area (Å²) in [7, 11) is -2.91. The quantitative estimate of drug-likeness (QED) is 0.199. The van der Waals surface area contributed by atoms with E-state index in [4.69, 9.17) is 9.16 Å². The van der Waals surface area contributed by atoms with Crippen molar-refractivity contribution in [3.63, 3.8) is 0 Å². The van der Waals surface area contributed by atoms with Gasteiger partial charge in [0.1, 0.15) is 29.3 Å². The molecule has 0 spiro atoms. The lowest BCUT2D eigenvalue weighted by Gasteiger charge is -2.54. The Hall–Kier alpha value is -3.81. The van der Waals surface area contributed by atoms with E-state index in [1.165, 1.54) is 28.6 Å². The van der Waals surface area contributed by atoms with Crippen molar-refractivity contribution in [1.82, 2.24) is 4.98 Å². The maximum absolute atomic E-state index is 15.1. The van der Waals surface area contributed by atoms with Crippen LogP contribution in [0.3, 0.4) is 0 Å². The Kier molecular flexibility index (Phi) is 6.60. The monoisotopic (exact) mass is 597 g/mol. The molecule has 4 aromatic carbocycles. The molecule has 5 aromatic rings. The molecule has 7 heteroatoms. The lowest BCUT2D eigenvalue weighted by atomic mass is 9.75. The number of aromatic nitrogens is 1. The van der Waals surface area contributed by atoms with Crippen LogP contribution in [0.1, 0.15) is 58.1 Å². The van der Waals surface area contributed by atoms with Crippen molar-refractivity contribution in [3.05, 3.63) is 114 Å². The number of fused-ring (bicyclic) bond motifs is 5. The van der Waals surface area contributed by atoms with Crippen LogP contribution in [0.2, 0.25) is 5.04 Å².